The molecule has 3 rings (SSSR count). The molecule has 0 bridgehead atoms. The zero-order valence-electron chi connectivity index (χ0n) is 16.9. The van der Waals surface area contributed by atoms with E-state index in [-0.39, 0.29) is 24.0 Å². The van der Waals surface area contributed by atoms with Crippen LogP contribution < -0.4 is 0 Å². The van der Waals surface area contributed by atoms with Gasteiger partial charge in [0, 0.05) is 47.1 Å². The van der Waals surface area contributed by atoms with Gasteiger partial charge in [-0.25, -0.2) is 9.98 Å². The van der Waals surface area contributed by atoms with Crippen molar-refractivity contribution in [2.24, 2.45) is 4.99 Å². The van der Waals surface area contributed by atoms with Gasteiger partial charge in [-0.2, -0.15) is 0 Å². The number of guanidine groups is 1. The topological polar surface area (TPSA) is 36.7 Å². The van der Waals surface area contributed by atoms with E-state index < -0.39 is 0 Å². The smallest absolute Gasteiger partial charge is 0.195 e. The van der Waals surface area contributed by atoms with Crippen molar-refractivity contribution in [1.82, 2.24) is 19.4 Å². The summed E-state index contributed by atoms with van der Waals surface area (Å²) in [7, 11) is 8.07. The van der Waals surface area contributed by atoms with Gasteiger partial charge in [-0.3, -0.25) is 0 Å². The Hall–Kier alpha value is -2.35. The molecule has 3 aromatic rings. The van der Waals surface area contributed by atoms with Crippen molar-refractivity contribution >= 4 is 29.9 Å². The summed E-state index contributed by atoms with van der Waals surface area (Å²) in [4.78, 5) is 13.0. The highest BCUT2D eigenvalue weighted by molar-refractivity contribution is 14.0. The van der Waals surface area contributed by atoms with Crippen molar-refractivity contribution in [3.8, 4) is 11.1 Å². The number of hydrogen-bond donors (Lipinski definition) is 0. The van der Waals surface area contributed by atoms with E-state index in [1.807, 2.05) is 50.5 Å². The number of benzene rings is 2. The molecule has 0 spiro atoms. The maximum absolute atomic E-state index is 4.80. The van der Waals surface area contributed by atoms with Crippen LogP contribution in [-0.2, 0) is 13.1 Å². The molecule has 0 aliphatic rings. The molecule has 0 unspecified atom stereocenters. The zero-order chi connectivity index (χ0) is 19.2. The van der Waals surface area contributed by atoms with Crippen LogP contribution in [0.4, 0.5) is 0 Å². The molecule has 5 nitrogen and oxygen atoms in total. The molecule has 1 aromatic heterocycles. The van der Waals surface area contributed by atoms with Gasteiger partial charge >= 0.3 is 0 Å². The lowest BCUT2D eigenvalue weighted by Gasteiger charge is -2.22. The molecule has 1 heterocycles. The largest absolute Gasteiger partial charge is 0.349 e. The fourth-order valence-electron chi connectivity index (χ4n) is 3.16. The molecule has 0 aliphatic heterocycles. The van der Waals surface area contributed by atoms with Crippen molar-refractivity contribution < 1.29 is 0 Å². The van der Waals surface area contributed by atoms with E-state index in [1.54, 1.807) is 6.20 Å². The van der Waals surface area contributed by atoms with E-state index in [4.69, 9.17) is 4.99 Å². The normalized spacial score (nSPS) is 10.1. The third kappa shape index (κ3) is 5.58. The van der Waals surface area contributed by atoms with Gasteiger partial charge in [0.25, 0.3) is 0 Å². The summed E-state index contributed by atoms with van der Waals surface area (Å²) in [5.74, 6) is 0.959. The average Bonchev–Trinajstić information content (AvgIpc) is 3.15. The van der Waals surface area contributed by atoms with E-state index in [0.717, 1.165) is 12.5 Å². The third-order valence-electron chi connectivity index (χ3n) is 4.40. The second kappa shape index (κ2) is 10.3. The van der Waals surface area contributed by atoms with Gasteiger partial charge in [-0.05, 0) is 22.3 Å². The minimum atomic E-state index is 0. The first-order valence-corrected chi connectivity index (χ1v) is 9.06. The lowest BCUT2D eigenvalue weighted by atomic mass is 9.98. The third-order valence-corrected chi connectivity index (χ3v) is 4.40. The average molecular weight is 489 g/mol. The zero-order valence-corrected chi connectivity index (χ0v) is 19.2. The number of halogens is 1. The minimum absolute atomic E-state index is 0. The fourth-order valence-corrected chi connectivity index (χ4v) is 3.16. The number of aliphatic imine (C=N–C) groups is 1. The lowest BCUT2D eigenvalue weighted by Crippen LogP contribution is -2.35. The first-order valence-electron chi connectivity index (χ1n) is 9.06. The molecule has 28 heavy (non-hydrogen) atoms. The number of hydrogen-bond acceptors (Lipinski definition) is 2. The molecular weight excluding hydrogens is 461 g/mol. The standard InChI is InChI=1S/C22H27N5.HI/c1-25(2)22(26(3)4)24-15-20-7-5-6-8-21(20)19-11-9-18(10-12-19)16-27-14-13-23-17-27;/h5-14,17H,15-16H2,1-4H3;1H. The Labute approximate surface area is 184 Å². The van der Waals surface area contributed by atoms with E-state index >= 15 is 0 Å². The SMILES string of the molecule is CN(C)C(=NCc1ccccc1-c1ccc(Cn2ccnc2)cc1)N(C)C.I. The summed E-state index contributed by atoms with van der Waals surface area (Å²) in [6.45, 7) is 1.49. The molecule has 0 atom stereocenters. The molecule has 0 saturated carbocycles. The second-order valence-electron chi connectivity index (χ2n) is 6.99. The van der Waals surface area contributed by atoms with Gasteiger partial charge in [-0.15, -0.1) is 24.0 Å². The summed E-state index contributed by atoms with van der Waals surface area (Å²) in [6.07, 6.45) is 5.63. The molecular formula is C22H28IN5. The summed E-state index contributed by atoms with van der Waals surface area (Å²) in [5, 5.41) is 0. The van der Waals surface area contributed by atoms with Crippen LogP contribution in [0, 0.1) is 0 Å². The van der Waals surface area contributed by atoms with Crippen LogP contribution >= 0.6 is 24.0 Å². The Balaban J connectivity index is 0.00000280. The van der Waals surface area contributed by atoms with Crippen molar-refractivity contribution in [2.75, 3.05) is 28.2 Å². The fraction of sp³-hybridized carbons (Fsp3) is 0.273. The number of aromatic nitrogens is 2. The predicted octanol–water partition coefficient (Wildman–Crippen LogP) is 4.20. The van der Waals surface area contributed by atoms with Gasteiger partial charge in [0.2, 0.25) is 0 Å². The van der Waals surface area contributed by atoms with Crippen molar-refractivity contribution in [3.63, 3.8) is 0 Å². The Morgan fingerprint density at radius 3 is 2.25 bits per heavy atom. The second-order valence-corrected chi connectivity index (χ2v) is 6.99. The maximum atomic E-state index is 4.80. The van der Waals surface area contributed by atoms with Gasteiger partial charge in [0.15, 0.2) is 5.96 Å². The Kier molecular flexibility index (Phi) is 8.04. The summed E-state index contributed by atoms with van der Waals surface area (Å²) >= 11 is 0. The Bertz CT molecular complexity index is 874. The van der Waals surface area contributed by atoms with E-state index in [0.29, 0.717) is 6.54 Å². The molecule has 0 amide bonds. The van der Waals surface area contributed by atoms with Crippen molar-refractivity contribution in [2.45, 2.75) is 13.1 Å². The summed E-state index contributed by atoms with van der Waals surface area (Å²) < 4.78 is 2.07. The molecule has 0 aliphatic carbocycles. The Morgan fingerprint density at radius 2 is 1.64 bits per heavy atom. The highest BCUT2D eigenvalue weighted by Crippen LogP contribution is 2.25. The molecule has 0 N–H and O–H groups in total. The van der Waals surface area contributed by atoms with Crippen molar-refractivity contribution in [3.05, 3.63) is 78.4 Å². The van der Waals surface area contributed by atoms with E-state index in [2.05, 4.69) is 58.1 Å². The Morgan fingerprint density at radius 1 is 0.964 bits per heavy atom. The quantitative estimate of drug-likeness (QED) is 0.306. The molecule has 6 heteroatoms. The molecule has 0 saturated heterocycles. The van der Waals surface area contributed by atoms with Crippen LogP contribution in [-0.4, -0.2) is 53.5 Å². The van der Waals surface area contributed by atoms with Gasteiger partial charge < -0.3 is 14.4 Å². The number of nitrogens with zero attached hydrogens (tertiary/aromatic N) is 5. The maximum Gasteiger partial charge on any atom is 0.195 e. The van der Waals surface area contributed by atoms with Crippen LogP contribution in [0.5, 0.6) is 0 Å². The number of rotatable bonds is 5. The summed E-state index contributed by atoms with van der Waals surface area (Å²) in [6, 6.07) is 17.2. The van der Waals surface area contributed by atoms with Crippen LogP contribution in [0.25, 0.3) is 11.1 Å². The van der Waals surface area contributed by atoms with E-state index in [9.17, 15) is 0 Å². The van der Waals surface area contributed by atoms with Crippen LogP contribution in [0.15, 0.2) is 72.2 Å². The van der Waals surface area contributed by atoms with Crippen LogP contribution in [0.1, 0.15) is 11.1 Å². The van der Waals surface area contributed by atoms with Gasteiger partial charge in [0.1, 0.15) is 0 Å². The minimum Gasteiger partial charge on any atom is -0.349 e. The predicted molar refractivity (Wildman–Crippen MR) is 127 cm³/mol. The summed E-state index contributed by atoms with van der Waals surface area (Å²) in [5.41, 5.74) is 4.93. The number of imidazole rings is 1. The molecule has 148 valence electrons. The first-order chi connectivity index (χ1) is 13.0. The highest BCUT2D eigenvalue weighted by atomic mass is 127. The first kappa shape index (κ1) is 21.9. The molecule has 2 aromatic carbocycles. The van der Waals surface area contributed by atoms with E-state index in [1.165, 1.54) is 22.3 Å². The van der Waals surface area contributed by atoms with Crippen LogP contribution in [0.2, 0.25) is 0 Å². The van der Waals surface area contributed by atoms with Crippen LogP contribution in [0.3, 0.4) is 0 Å². The molecule has 0 radical (unpaired) electrons. The van der Waals surface area contributed by atoms with Gasteiger partial charge in [0.05, 0.1) is 12.9 Å². The molecule has 0 fully saturated rings. The monoisotopic (exact) mass is 489 g/mol. The highest BCUT2D eigenvalue weighted by Gasteiger charge is 2.08. The lowest BCUT2D eigenvalue weighted by molar-refractivity contribution is 0.479. The van der Waals surface area contributed by atoms with Gasteiger partial charge in [-0.1, -0.05) is 48.5 Å². The van der Waals surface area contributed by atoms with Crippen molar-refractivity contribution in [1.29, 1.82) is 0 Å².